The molecule has 0 amide bonds. The van der Waals surface area contributed by atoms with E-state index in [4.69, 9.17) is 4.74 Å². The summed E-state index contributed by atoms with van der Waals surface area (Å²) in [5.41, 5.74) is 3.98. The number of nitrogens with one attached hydrogen (secondary N) is 2. The molecular weight excluding hydrogens is 357 g/mol. The molecule has 0 fully saturated rings. The lowest BCUT2D eigenvalue weighted by atomic mass is 9.84. The maximum Gasteiger partial charge on any atom is 0.191 e. The first kappa shape index (κ1) is 21.9. The Labute approximate surface area is 167 Å². The number of ether oxygens (including phenoxy) is 1. The normalized spacial score (nSPS) is 12.3. The summed E-state index contributed by atoms with van der Waals surface area (Å²) in [6, 6.07) is 6.73. The lowest BCUT2D eigenvalue weighted by Crippen LogP contribution is -2.43. The van der Waals surface area contributed by atoms with Gasteiger partial charge in [-0.05, 0) is 31.5 Å². The van der Waals surface area contributed by atoms with E-state index in [2.05, 4.69) is 41.5 Å². The number of benzene rings is 1. The highest BCUT2D eigenvalue weighted by Crippen LogP contribution is 2.22. The van der Waals surface area contributed by atoms with Crippen LogP contribution >= 0.6 is 0 Å². The molecule has 0 saturated heterocycles. The molecule has 0 unspecified atom stereocenters. The molecule has 0 radical (unpaired) electrons. The van der Waals surface area contributed by atoms with Crippen LogP contribution in [0, 0.1) is 19.7 Å². The lowest BCUT2D eigenvalue weighted by Gasteiger charge is -2.27. The van der Waals surface area contributed by atoms with Crippen molar-refractivity contribution in [3.8, 4) is 0 Å². The van der Waals surface area contributed by atoms with Crippen molar-refractivity contribution in [2.24, 2.45) is 4.99 Å². The van der Waals surface area contributed by atoms with Crippen molar-refractivity contribution >= 4 is 5.96 Å². The number of aliphatic imine (C=N–C) groups is 1. The van der Waals surface area contributed by atoms with Crippen LogP contribution in [-0.4, -0.2) is 43.0 Å². The zero-order valence-electron chi connectivity index (χ0n) is 17.8. The summed E-state index contributed by atoms with van der Waals surface area (Å²) in [6.45, 7) is 10.9. The number of aryl methyl sites for hydroxylation is 1. The topological polar surface area (TPSA) is 63.5 Å². The molecule has 0 saturated carbocycles. The Balaban J connectivity index is 1.97. The molecule has 2 rings (SSSR count). The van der Waals surface area contributed by atoms with Crippen LogP contribution in [0.25, 0.3) is 0 Å². The van der Waals surface area contributed by atoms with Gasteiger partial charge in [-0.3, -0.25) is 9.67 Å². The standard InChI is InChI=1S/C21H32FN5O/c1-15-19(16(2)27(26-15)10-11-28-6)13-24-20(23-5)25-14-21(3,4)17-8-7-9-18(22)12-17/h7-9,12H,10-11,13-14H2,1-6H3,(H2,23,24,25). The monoisotopic (exact) mass is 389 g/mol. The van der Waals surface area contributed by atoms with Crippen LogP contribution in [0.2, 0.25) is 0 Å². The number of guanidine groups is 1. The third-order valence-electron chi connectivity index (χ3n) is 5.00. The molecule has 28 heavy (non-hydrogen) atoms. The van der Waals surface area contributed by atoms with Crippen molar-refractivity contribution in [2.45, 2.75) is 46.2 Å². The Kier molecular flexibility index (Phi) is 7.57. The van der Waals surface area contributed by atoms with Crippen molar-refractivity contribution in [3.63, 3.8) is 0 Å². The van der Waals surface area contributed by atoms with Gasteiger partial charge in [-0.25, -0.2) is 4.39 Å². The largest absolute Gasteiger partial charge is 0.383 e. The van der Waals surface area contributed by atoms with Crippen LogP contribution in [0.5, 0.6) is 0 Å². The zero-order valence-corrected chi connectivity index (χ0v) is 17.8. The van der Waals surface area contributed by atoms with E-state index in [0.717, 1.165) is 29.1 Å². The van der Waals surface area contributed by atoms with Gasteiger partial charge in [0.1, 0.15) is 5.82 Å². The average molecular weight is 390 g/mol. The fourth-order valence-corrected chi connectivity index (χ4v) is 3.09. The molecule has 0 aliphatic carbocycles. The molecule has 0 aliphatic rings. The SMILES string of the molecule is CN=C(NCc1c(C)nn(CCOC)c1C)NCC(C)(C)c1cccc(F)c1. The highest BCUT2D eigenvalue weighted by atomic mass is 19.1. The molecule has 2 N–H and O–H groups in total. The molecule has 1 aromatic heterocycles. The number of rotatable bonds is 8. The van der Waals surface area contributed by atoms with E-state index in [9.17, 15) is 4.39 Å². The van der Waals surface area contributed by atoms with Crippen LogP contribution in [0.1, 0.15) is 36.4 Å². The van der Waals surface area contributed by atoms with E-state index < -0.39 is 0 Å². The maximum atomic E-state index is 13.6. The predicted molar refractivity (Wildman–Crippen MR) is 111 cm³/mol. The van der Waals surface area contributed by atoms with E-state index in [0.29, 0.717) is 25.7 Å². The molecular formula is C21H32FN5O. The molecule has 0 bridgehead atoms. The first-order chi connectivity index (χ1) is 13.3. The third-order valence-corrected chi connectivity index (χ3v) is 5.00. The number of hydrogen-bond donors (Lipinski definition) is 2. The van der Waals surface area contributed by atoms with Crippen molar-refractivity contribution in [3.05, 3.63) is 52.6 Å². The minimum absolute atomic E-state index is 0.218. The van der Waals surface area contributed by atoms with Crippen LogP contribution in [0.15, 0.2) is 29.3 Å². The van der Waals surface area contributed by atoms with E-state index in [1.165, 1.54) is 6.07 Å². The minimum atomic E-state index is -0.239. The highest BCUT2D eigenvalue weighted by Gasteiger charge is 2.21. The highest BCUT2D eigenvalue weighted by molar-refractivity contribution is 5.79. The second-order valence-corrected chi connectivity index (χ2v) is 7.54. The summed E-state index contributed by atoms with van der Waals surface area (Å²) in [5.74, 6) is 0.484. The molecule has 6 nitrogen and oxygen atoms in total. The zero-order chi connectivity index (χ0) is 20.7. The molecule has 154 valence electrons. The van der Waals surface area contributed by atoms with Gasteiger partial charge < -0.3 is 15.4 Å². The maximum absolute atomic E-state index is 13.6. The fourth-order valence-electron chi connectivity index (χ4n) is 3.09. The van der Waals surface area contributed by atoms with Crippen molar-refractivity contribution in [1.29, 1.82) is 0 Å². The van der Waals surface area contributed by atoms with Crippen molar-refractivity contribution in [1.82, 2.24) is 20.4 Å². The molecule has 0 spiro atoms. The van der Waals surface area contributed by atoms with Gasteiger partial charge in [0.15, 0.2) is 5.96 Å². The first-order valence-corrected chi connectivity index (χ1v) is 9.51. The Bertz CT molecular complexity index is 813. The lowest BCUT2D eigenvalue weighted by molar-refractivity contribution is 0.182. The van der Waals surface area contributed by atoms with Gasteiger partial charge in [-0.15, -0.1) is 0 Å². The number of nitrogens with zero attached hydrogens (tertiary/aromatic N) is 3. The molecule has 7 heteroatoms. The minimum Gasteiger partial charge on any atom is -0.383 e. The van der Waals surface area contributed by atoms with E-state index in [1.54, 1.807) is 26.3 Å². The van der Waals surface area contributed by atoms with Gasteiger partial charge in [0.25, 0.3) is 0 Å². The summed E-state index contributed by atoms with van der Waals surface area (Å²) in [4.78, 5) is 4.31. The summed E-state index contributed by atoms with van der Waals surface area (Å²) >= 11 is 0. The van der Waals surface area contributed by atoms with Crippen LogP contribution in [-0.2, 0) is 23.2 Å². The number of halogens is 1. The van der Waals surface area contributed by atoms with Gasteiger partial charge in [0, 0.05) is 43.9 Å². The molecule has 0 aliphatic heterocycles. The van der Waals surface area contributed by atoms with Crippen molar-refractivity contribution in [2.75, 3.05) is 27.3 Å². The Morgan fingerprint density at radius 2 is 2.04 bits per heavy atom. The van der Waals surface area contributed by atoms with Gasteiger partial charge >= 0.3 is 0 Å². The molecule has 1 aromatic carbocycles. The summed E-state index contributed by atoms with van der Waals surface area (Å²) in [5, 5.41) is 11.3. The van der Waals surface area contributed by atoms with E-state index >= 15 is 0 Å². The quantitative estimate of drug-likeness (QED) is 0.538. The van der Waals surface area contributed by atoms with E-state index in [1.807, 2.05) is 17.7 Å². The molecule has 0 atom stereocenters. The predicted octanol–water partition coefficient (Wildman–Crippen LogP) is 2.93. The fraction of sp³-hybridized carbons (Fsp3) is 0.524. The van der Waals surface area contributed by atoms with Gasteiger partial charge in [0.2, 0.25) is 0 Å². The van der Waals surface area contributed by atoms with Gasteiger partial charge in [-0.1, -0.05) is 26.0 Å². The Hall–Kier alpha value is -2.41. The second kappa shape index (κ2) is 9.68. The van der Waals surface area contributed by atoms with Gasteiger partial charge in [0.05, 0.1) is 18.8 Å². The smallest absolute Gasteiger partial charge is 0.191 e. The number of methoxy groups -OCH3 is 1. The van der Waals surface area contributed by atoms with Crippen molar-refractivity contribution < 1.29 is 9.13 Å². The van der Waals surface area contributed by atoms with Crippen LogP contribution in [0.4, 0.5) is 4.39 Å². The van der Waals surface area contributed by atoms with Crippen LogP contribution < -0.4 is 10.6 Å². The van der Waals surface area contributed by atoms with E-state index in [-0.39, 0.29) is 11.2 Å². The summed E-state index contributed by atoms with van der Waals surface area (Å²) < 4.78 is 20.7. The summed E-state index contributed by atoms with van der Waals surface area (Å²) in [7, 11) is 3.43. The molecule has 1 heterocycles. The Morgan fingerprint density at radius 1 is 1.29 bits per heavy atom. The third kappa shape index (κ3) is 5.55. The second-order valence-electron chi connectivity index (χ2n) is 7.54. The molecule has 2 aromatic rings. The first-order valence-electron chi connectivity index (χ1n) is 9.51. The number of hydrogen-bond acceptors (Lipinski definition) is 3. The summed E-state index contributed by atoms with van der Waals surface area (Å²) in [6.07, 6.45) is 0. The van der Waals surface area contributed by atoms with Gasteiger partial charge in [-0.2, -0.15) is 5.10 Å². The number of aromatic nitrogens is 2. The average Bonchev–Trinajstić information content (AvgIpc) is 2.93. The Morgan fingerprint density at radius 3 is 2.68 bits per heavy atom. The van der Waals surface area contributed by atoms with Crippen LogP contribution in [0.3, 0.4) is 0 Å².